The second kappa shape index (κ2) is 5.41. The Balaban J connectivity index is 2.23. The summed E-state index contributed by atoms with van der Waals surface area (Å²) in [6, 6.07) is 9.09. The van der Waals surface area contributed by atoms with Gasteiger partial charge in [0.25, 0.3) is 0 Å². The summed E-state index contributed by atoms with van der Waals surface area (Å²) in [4.78, 5) is 0. The third-order valence-corrected chi connectivity index (χ3v) is 4.68. The van der Waals surface area contributed by atoms with E-state index in [1.807, 2.05) is 0 Å². The highest BCUT2D eigenvalue weighted by Gasteiger charge is 2.44. The Morgan fingerprint density at radius 3 is 2.22 bits per heavy atom. The highest BCUT2D eigenvalue weighted by atomic mass is 16.5. The molecule has 2 rings (SSSR count). The number of nitrogens with two attached hydrogens (primary N) is 1. The third kappa shape index (κ3) is 2.19. The lowest BCUT2D eigenvalue weighted by Crippen LogP contribution is -2.53. The lowest BCUT2D eigenvalue weighted by Gasteiger charge is -2.46. The zero-order valence-electron chi connectivity index (χ0n) is 11.8. The van der Waals surface area contributed by atoms with Crippen LogP contribution in [0.2, 0.25) is 0 Å². The van der Waals surface area contributed by atoms with E-state index in [0.29, 0.717) is 11.8 Å². The molecule has 0 bridgehead atoms. The first-order chi connectivity index (χ1) is 8.64. The molecule has 2 heteroatoms. The van der Waals surface area contributed by atoms with Crippen molar-refractivity contribution in [3.8, 4) is 0 Å². The van der Waals surface area contributed by atoms with E-state index in [2.05, 4.69) is 45.0 Å². The van der Waals surface area contributed by atoms with Gasteiger partial charge in [-0.3, -0.25) is 0 Å². The molecule has 100 valence electrons. The van der Waals surface area contributed by atoms with Gasteiger partial charge >= 0.3 is 0 Å². The van der Waals surface area contributed by atoms with Gasteiger partial charge in [-0.15, -0.1) is 0 Å². The van der Waals surface area contributed by atoms with Crippen LogP contribution in [0.4, 0.5) is 0 Å². The summed E-state index contributed by atoms with van der Waals surface area (Å²) in [5.74, 6) is 1.11. The van der Waals surface area contributed by atoms with Crippen molar-refractivity contribution in [3.63, 3.8) is 0 Å². The first kappa shape index (κ1) is 13.6. The van der Waals surface area contributed by atoms with Crippen LogP contribution in [0.3, 0.4) is 0 Å². The Morgan fingerprint density at radius 2 is 1.83 bits per heavy atom. The normalized spacial score (nSPS) is 21.1. The summed E-state index contributed by atoms with van der Waals surface area (Å²) in [7, 11) is 0. The molecule has 1 fully saturated rings. The van der Waals surface area contributed by atoms with Crippen molar-refractivity contribution in [3.05, 3.63) is 35.4 Å². The average molecular weight is 247 g/mol. The molecule has 1 aliphatic heterocycles. The van der Waals surface area contributed by atoms with Crippen molar-refractivity contribution in [2.45, 2.75) is 38.5 Å². The van der Waals surface area contributed by atoms with Gasteiger partial charge < -0.3 is 10.5 Å². The number of ether oxygens (including phenoxy) is 1. The van der Waals surface area contributed by atoms with Gasteiger partial charge in [0.1, 0.15) is 0 Å². The van der Waals surface area contributed by atoms with E-state index in [9.17, 15) is 0 Å². The molecule has 2 N–H and O–H groups in total. The number of benzene rings is 1. The second-order valence-electron chi connectivity index (χ2n) is 5.72. The third-order valence-electron chi connectivity index (χ3n) is 4.68. The molecule has 1 aromatic carbocycles. The number of rotatable bonds is 5. The molecule has 0 saturated carbocycles. The van der Waals surface area contributed by atoms with E-state index < -0.39 is 0 Å². The molecule has 0 spiro atoms. The van der Waals surface area contributed by atoms with Crippen molar-refractivity contribution in [1.82, 2.24) is 0 Å². The summed E-state index contributed by atoms with van der Waals surface area (Å²) >= 11 is 0. The Bertz CT molecular complexity index is 381. The minimum atomic E-state index is 0.155. The molecular formula is C16H25NO. The molecule has 1 saturated heterocycles. The van der Waals surface area contributed by atoms with Gasteiger partial charge in [0.15, 0.2) is 0 Å². The first-order valence-electron chi connectivity index (χ1n) is 7.02. The lowest BCUT2D eigenvalue weighted by molar-refractivity contribution is -0.0854. The first-order valence-corrected chi connectivity index (χ1v) is 7.02. The van der Waals surface area contributed by atoms with E-state index in [1.54, 1.807) is 0 Å². The average Bonchev–Trinajstić information content (AvgIpc) is 2.37. The fraction of sp³-hybridized carbons (Fsp3) is 0.625. The predicted octanol–water partition coefficient (Wildman–Crippen LogP) is 3.06. The van der Waals surface area contributed by atoms with E-state index in [0.717, 1.165) is 19.8 Å². The van der Waals surface area contributed by atoms with Crippen LogP contribution in [-0.2, 0) is 10.2 Å². The van der Waals surface area contributed by atoms with Crippen molar-refractivity contribution in [2.24, 2.45) is 11.7 Å². The molecule has 2 unspecified atom stereocenters. The van der Waals surface area contributed by atoms with E-state index in [4.69, 9.17) is 10.5 Å². The van der Waals surface area contributed by atoms with Crippen molar-refractivity contribution < 1.29 is 4.74 Å². The molecule has 18 heavy (non-hydrogen) atoms. The van der Waals surface area contributed by atoms with Crippen molar-refractivity contribution >= 4 is 0 Å². The molecule has 2 nitrogen and oxygen atoms in total. The Morgan fingerprint density at radius 1 is 1.22 bits per heavy atom. The second-order valence-corrected chi connectivity index (χ2v) is 5.72. The maximum absolute atomic E-state index is 5.85. The summed E-state index contributed by atoms with van der Waals surface area (Å²) in [6.45, 7) is 9.08. The highest BCUT2D eigenvalue weighted by molar-refractivity contribution is 5.33. The van der Waals surface area contributed by atoms with Gasteiger partial charge in [-0.25, -0.2) is 0 Å². The molecule has 0 amide bonds. The van der Waals surface area contributed by atoms with Crippen LogP contribution < -0.4 is 5.73 Å². The standard InChI is InChI=1S/C16H25NO/c1-4-12(2)14-5-7-15(8-6-14)16(10-18-11-16)13(3)9-17/h5-8,12-13H,4,9-11,17H2,1-3H3. The molecule has 0 aromatic heterocycles. The van der Waals surface area contributed by atoms with E-state index >= 15 is 0 Å². The van der Waals surface area contributed by atoms with Crippen LogP contribution in [-0.4, -0.2) is 19.8 Å². The Kier molecular flexibility index (Phi) is 4.08. The van der Waals surface area contributed by atoms with Crippen LogP contribution >= 0.6 is 0 Å². The van der Waals surface area contributed by atoms with Crippen LogP contribution in [0, 0.1) is 5.92 Å². The quantitative estimate of drug-likeness (QED) is 0.868. The monoisotopic (exact) mass is 247 g/mol. The predicted molar refractivity (Wildman–Crippen MR) is 75.9 cm³/mol. The van der Waals surface area contributed by atoms with Crippen molar-refractivity contribution in [1.29, 1.82) is 0 Å². The van der Waals surface area contributed by atoms with E-state index in [1.165, 1.54) is 17.5 Å². The molecule has 0 radical (unpaired) electrons. The molecular weight excluding hydrogens is 222 g/mol. The summed E-state index contributed by atoms with van der Waals surface area (Å²) < 4.78 is 5.46. The maximum atomic E-state index is 5.85. The van der Waals surface area contributed by atoms with Gasteiger partial charge in [-0.2, -0.15) is 0 Å². The van der Waals surface area contributed by atoms with Gasteiger partial charge in [0.2, 0.25) is 0 Å². The maximum Gasteiger partial charge on any atom is 0.0588 e. The van der Waals surface area contributed by atoms with Crippen LogP contribution in [0.5, 0.6) is 0 Å². The largest absolute Gasteiger partial charge is 0.379 e. The summed E-state index contributed by atoms with van der Waals surface area (Å²) in [5.41, 5.74) is 8.82. The number of hydrogen-bond acceptors (Lipinski definition) is 2. The number of hydrogen-bond donors (Lipinski definition) is 1. The van der Waals surface area contributed by atoms with E-state index in [-0.39, 0.29) is 5.41 Å². The Hall–Kier alpha value is -0.860. The van der Waals surface area contributed by atoms with Crippen molar-refractivity contribution in [2.75, 3.05) is 19.8 Å². The van der Waals surface area contributed by atoms with Gasteiger partial charge in [-0.05, 0) is 35.9 Å². The summed E-state index contributed by atoms with van der Waals surface area (Å²) in [6.07, 6.45) is 1.19. The minimum Gasteiger partial charge on any atom is -0.379 e. The smallest absolute Gasteiger partial charge is 0.0588 e. The SMILES string of the molecule is CCC(C)c1ccc(C2(C(C)CN)COC2)cc1. The zero-order chi connectivity index (χ0) is 13.2. The van der Waals surface area contributed by atoms with Crippen LogP contribution in [0.1, 0.15) is 44.2 Å². The van der Waals surface area contributed by atoms with Crippen LogP contribution in [0.15, 0.2) is 24.3 Å². The molecule has 1 aromatic rings. The molecule has 1 heterocycles. The van der Waals surface area contributed by atoms with Crippen LogP contribution in [0.25, 0.3) is 0 Å². The fourth-order valence-electron chi connectivity index (χ4n) is 2.66. The minimum absolute atomic E-state index is 0.155. The van der Waals surface area contributed by atoms with Gasteiger partial charge in [0.05, 0.1) is 13.2 Å². The van der Waals surface area contributed by atoms with Gasteiger partial charge in [-0.1, -0.05) is 45.0 Å². The molecule has 1 aliphatic rings. The fourth-order valence-corrected chi connectivity index (χ4v) is 2.66. The Labute approximate surface area is 111 Å². The topological polar surface area (TPSA) is 35.2 Å². The lowest BCUT2D eigenvalue weighted by atomic mass is 9.69. The van der Waals surface area contributed by atoms with Gasteiger partial charge in [0, 0.05) is 5.41 Å². The zero-order valence-corrected chi connectivity index (χ0v) is 11.8. The molecule has 0 aliphatic carbocycles. The highest BCUT2D eigenvalue weighted by Crippen LogP contribution is 2.39. The summed E-state index contributed by atoms with van der Waals surface area (Å²) in [5, 5.41) is 0. The molecule has 2 atom stereocenters.